The van der Waals surface area contributed by atoms with Crippen molar-refractivity contribution in [1.29, 1.82) is 0 Å². The lowest BCUT2D eigenvalue weighted by molar-refractivity contribution is -0.239. The van der Waals surface area contributed by atoms with Crippen LogP contribution in [0.4, 0.5) is 4.79 Å². The molecule has 0 heterocycles. The highest BCUT2D eigenvalue weighted by molar-refractivity contribution is 5.82. The second-order valence-corrected chi connectivity index (χ2v) is 1.79. The summed E-state index contributed by atoms with van der Waals surface area (Å²) >= 11 is 0. The first-order chi connectivity index (χ1) is 6.06. The molecule has 0 fully saturated rings. The van der Waals surface area contributed by atoms with E-state index in [4.69, 9.17) is 10.8 Å². The number of amides is 1. The smallest absolute Gasteiger partial charge is 0.447 e. The molecule has 0 aromatic carbocycles. The summed E-state index contributed by atoms with van der Waals surface area (Å²) in [4.78, 5) is 37.8. The summed E-state index contributed by atoms with van der Waals surface area (Å²) in [6, 6.07) is 0. The molecule has 0 bridgehead atoms. The van der Waals surface area contributed by atoms with Crippen LogP contribution in [0.1, 0.15) is 0 Å². The van der Waals surface area contributed by atoms with E-state index >= 15 is 0 Å². The molecule has 0 aromatic rings. The van der Waals surface area contributed by atoms with Crippen LogP contribution in [0, 0.1) is 0 Å². The Morgan fingerprint density at radius 1 is 1.31 bits per heavy atom. The predicted molar refractivity (Wildman–Crippen MR) is 37.3 cm³/mol. The van der Waals surface area contributed by atoms with Crippen LogP contribution in [0.15, 0.2) is 0 Å². The van der Waals surface area contributed by atoms with Crippen LogP contribution in [0.25, 0.3) is 0 Å². The Balaban J connectivity index is 3.52. The van der Waals surface area contributed by atoms with Crippen molar-refractivity contribution in [2.45, 2.75) is 0 Å². The molecule has 0 aromatic heterocycles. The van der Waals surface area contributed by atoms with Gasteiger partial charge in [-0.1, -0.05) is 0 Å². The van der Waals surface area contributed by atoms with Crippen LogP contribution in [0.2, 0.25) is 0 Å². The van der Waals surface area contributed by atoms with Gasteiger partial charge in [0.2, 0.25) is 5.91 Å². The van der Waals surface area contributed by atoms with E-state index in [0.717, 1.165) is 0 Å². The van der Waals surface area contributed by atoms with E-state index < -0.39 is 24.6 Å². The van der Waals surface area contributed by atoms with Gasteiger partial charge in [-0.25, -0.2) is 19.4 Å². The summed E-state index contributed by atoms with van der Waals surface area (Å²) in [5.41, 5.74) is 4.89. The molecule has 13 heavy (non-hydrogen) atoms. The first-order valence-corrected chi connectivity index (χ1v) is 3.13. The van der Waals surface area contributed by atoms with E-state index in [1.165, 1.54) is 0 Å². The summed E-state index contributed by atoms with van der Waals surface area (Å²) in [5, 5.41) is 9.92. The van der Waals surface area contributed by atoms with Gasteiger partial charge in [0, 0.05) is 0 Å². The van der Waals surface area contributed by atoms with Gasteiger partial charge in [-0.3, -0.25) is 4.79 Å². The highest BCUT2D eigenvalue weighted by Crippen LogP contribution is 1.80. The molecule has 0 aliphatic heterocycles. The number of rotatable bonds is 3. The minimum absolute atomic E-state index is 0.271. The molecule has 0 rings (SSSR count). The molecule has 0 saturated heterocycles. The quantitative estimate of drug-likeness (QED) is 0.356. The third-order valence-corrected chi connectivity index (χ3v) is 0.821. The van der Waals surface area contributed by atoms with Gasteiger partial charge in [0.1, 0.15) is 6.54 Å². The monoisotopic (exact) mass is 192 g/mol. The fourth-order valence-electron chi connectivity index (χ4n) is 0.355. The van der Waals surface area contributed by atoms with Crippen LogP contribution in [-0.2, 0) is 19.4 Å². The topological polar surface area (TPSA) is 128 Å². The number of hydrogen-bond donors (Lipinski definition) is 3. The molecule has 0 aliphatic rings. The Morgan fingerprint density at radius 3 is 2.38 bits per heavy atom. The first kappa shape index (κ1) is 11.2. The van der Waals surface area contributed by atoms with E-state index in [-0.39, 0.29) is 6.54 Å². The molecule has 0 radical (unpaired) electrons. The number of carbonyl (C=O) groups excluding carboxylic acids is 2. The van der Waals surface area contributed by atoms with E-state index in [9.17, 15) is 14.4 Å². The SMILES string of the molecule is NCC(=O)NCC(=O)OOC(=O)O. The standard InChI is InChI=1S/C5H8N2O6/c6-1-3(8)7-2-4(9)12-13-5(10)11/h1-2,6H2,(H,7,8)(H,10,11). The zero-order chi connectivity index (χ0) is 10.3. The molecule has 0 unspecified atom stereocenters. The van der Waals surface area contributed by atoms with Crippen molar-refractivity contribution in [2.75, 3.05) is 13.1 Å². The molecule has 0 aliphatic carbocycles. The third kappa shape index (κ3) is 6.56. The van der Waals surface area contributed by atoms with E-state index in [1.807, 2.05) is 5.32 Å². The number of hydrogen-bond acceptors (Lipinski definition) is 6. The average molecular weight is 192 g/mol. The van der Waals surface area contributed by atoms with Crippen LogP contribution >= 0.6 is 0 Å². The molecule has 1 amide bonds. The Hall–Kier alpha value is -1.83. The minimum Gasteiger partial charge on any atom is -0.447 e. The average Bonchev–Trinajstić information content (AvgIpc) is 2.10. The van der Waals surface area contributed by atoms with E-state index in [0.29, 0.717) is 0 Å². The van der Waals surface area contributed by atoms with Gasteiger partial charge >= 0.3 is 12.1 Å². The van der Waals surface area contributed by atoms with E-state index in [2.05, 4.69) is 9.78 Å². The van der Waals surface area contributed by atoms with Crippen molar-refractivity contribution < 1.29 is 29.3 Å². The second-order valence-electron chi connectivity index (χ2n) is 1.79. The maximum atomic E-state index is 10.5. The summed E-state index contributed by atoms with van der Waals surface area (Å²) in [6.07, 6.45) is -1.75. The third-order valence-electron chi connectivity index (χ3n) is 0.821. The zero-order valence-electron chi connectivity index (χ0n) is 6.48. The highest BCUT2D eigenvalue weighted by Gasteiger charge is 2.08. The summed E-state index contributed by atoms with van der Waals surface area (Å²) < 4.78 is 0. The fourth-order valence-corrected chi connectivity index (χ4v) is 0.355. The van der Waals surface area contributed by atoms with Gasteiger partial charge in [0.15, 0.2) is 0 Å². The molecule has 8 nitrogen and oxygen atoms in total. The first-order valence-electron chi connectivity index (χ1n) is 3.13. The predicted octanol–water partition coefficient (Wildman–Crippen LogP) is -1.79. The lowest BCUT2D eigenvalue weighted by atomic mass is 10.5. The van der Waals surface area contributed by atoms with Gasteiger partial charge in [0.25, 0.3) is 0 Å². The van der Waals surface area contributed by atoms with Crippen LogP contribution in [0.5, 0.6) is 0 Å². The largest absolute Gasteiger partial charge is 0.547 e. The maximum Gasteiger partial charge on any atom is 0.547 e. The number of carbonyl (C=O) groups is 3. The van der Waals surface area contributed by atoms with Gasteiger partial charge in [-0.2, -0.15) is 0 Å². The maximum absolute atomic E-state index is 10.5. The van der Waals surface area contributed by atoms with Crippen molar-refractivity contribution in [1.82, 2.24) is 5.32 Å². The van der Waals surface area contributed by atoms with Gasteiger partial charge in [0.05, 0.1) is 6.54 Å². The lowest BCUT2D eigenvalue weighted by Crippen LogP contribution is -2.35. The number of carboxylic acid groups (broad SMARTS) is 1. The van der Waals surface area contributed by atoms with Gasteiger partial charge in [-0.05, 0) is 0 Å². The molecule has 4 N–H and O–H groups in total. The molecular weight excluding hydrogens is 184 g/mol. The Bertz CT molecular complexity index is 215. The zero-order valence-corrected chi connectivity index (χ0v) is 6.48. The normalized spacial score (nSPS) is 8.69. The molecule has 0 saturated carbocycles. The van der Waals surface area contributed by atoms with Gasteiger partial charge < -0.3 is 16.2 Å². The Labute approximate surface area is 72.5 Å². The Kier molecular flexibility index (Phi) is 4.96. The lowest BCUT2D eigenvalue weighted by Gasteiger charge is -2.00. The van der Waals surface area contributed by atoms with Gasteiger partial charge in [-0.15, -0.1) is 0 Å². The molecular formula is C5H8N2O6. The molecule has 0 spiro atoms. The van der Waals surface area contributed by atoms with Crippen molar-refractivity contribution >= 4 is 18.0 Å². The number of nitrogens with one attached hydrogen (secondary N) is 1. The molecule has 74 valence electrons. The van der Waals surface area contributed by atoms with Crippen LogP contribution in [0.3, 0.4) is 0 Å². The summed E-state index contributed by atoms with van der Waals surface area (Å²) in [7, 11) is 0. The van der Waals surface area contributed by atoms with Crippen LogP contribution in [-0.4, -0.2) is 36.2 Å². The Morgan fingerprint density at radius 2 is 1.92 bits per heavy atom. The van der Waals surface area contributed by atoms with Crippen LogP contribution < -0.4 is 11.1 Å². The van der Waals surface area contributed by atoms with Crippen molar-refractivity contribution in [2.24, 2.45) is 5.73 Å². The summed E-state index contributed by atoms with van der Waals surface area (Å²) in [5.74, 6) is -1.60. The van der Waals surface area contributed by atoms with Crippen molar-refractivity contribution in [3.8, 4) is 0 Å². The number of nitrogens with two attached hydrogens (primary N) is 1. The summed E-state index contributed by atoms with van der Waals surface area (Å²) in [6.45, 7) is -0.767. The highest BCUT2D eigenvalue weighted by atomic mass is 17.2. The minimum atomic E-state index is -1.75. The fraction of sp³-hybridized carbons (Fsp3) is 0.400. The second kappa shape index (κ2) is 5.77. The van der Waals surface area contributed by atoms with Crippen molar-refractivity contribution in [3.05, 3.63) is 0 Å². The van der Waals surface area contributed by atoms with E-state index in [1.54, 1.807) is 0 Å². The molecule has 8 heteroatoms. The van der Waals surface area contributed by atoms with Crippen molar-refractivity contribution in [3.63, 3.8) is 0 Å². The molecule has 0 atom stereocenters.